The van der Waals surface area contributed by atoms with Gasteiger partial charge in [-0.25, -0.2) is 4.98 Å². The van der Waals surface area contributed by atoms with E-state index in [4.69, 9.17) is 16.3 Å². The average molecular weight is 303 g/mol. The van der Waals surface area contributed by atoms with Gasteiger partial charge in [0, 0.05) is 12.0 Å². The van der Waals surface area contributed by atoms with Crippen molar-refractivity contribution in [1.82, 2.24) is 9.97 Å². The zero-order valence-electron chi connectivity index (χ0n) is 12.4. The van der Waals surface area contributed by atoms with Crippen LogP contribution in [0.15, 0.2) is 24.3 Å². The zero-order chi connectivity index (χ0) is 14.8. The maximum Gasteiger partial charge on any atom is 0.224 e. The number of halogens is 1. The van der Waals surface area contributed by atoms with Crippen LogP contribution in [0, 0.1) is 0 Å². The molecule has 1 aliphatic rings. The molecule has 0 amide bonds. The summed E-state index contributed by atoms with van der Waals surface area (Å²) in [6.07, 6.45) is 4.85. The summed E-state index contributed by atoms with van der Waals surface area (Å²) in [6.45, 7) is 4.07. The molecule has 21 heavy (non-hydrogen) atoms. The van der Waals surface area contributed by atoms with Crippen LogP contribution in [0.25, 0.3) is 0 Å². The molecule has 0 fully saturated rings. The first-order valence-electron chi connectivity index (χ1n) is 7.46. The lowest BCUT2D eigenvalue weighted by Gasteiger charge is -2.16. The Morgan fingerprint density at radius 1 is 1.05 bits per heavy atom. The molecular formula is C17H19ClN2O. The Morgan fingerprint density at radius 2 is 1.81 bits per heavy atom. The molecule has 0 N–H and O–H groups in total. The summed E-state index contributed by atoms with van der Waals surface area (Å²) in [5, 5.41) is 0.418. The van der Waals surface area contributed by atoms with Crippen LogP contribution in [0.4, 0.5) is 0 Å². The highest BCUT2D eigenvalue weighted by atomic mass is 35.5. The molecule has 1 aliphatic carbocycles. The van der Waals surface area contributed by atoms with Gasteiger partial charge in [0.05, 0.1) is 0 Å². The highest BCUT2D eigenvalue weighted by Gasteiger charge is 2.12. The topological polar surface area (TPSA) is 35.0 Å². The molecule has 3 nitrogen and oxygen atoms in total. The molecule has 0 unspecified atom stereocenters. The predicted octanol–water partition coefficient (Wildman–Crippen LogP) is 4.92. The lowest BCUT2D eigenvalue weighted by atomic mass is 9.92. The van der Waals surface area contributed by atoms with Crippen molar-refractivity contribution in [3.63, 3.8) is 0 Å². The fourth-order valence-electron chi connectivity index (χ4n) is 2.62. The van der Waals surface area contributed by atoms with E-state index in [1.807, 2.05) is 19.9 Å². The summed E-state index contributed by atoms with van der Waals surface area (Å²) in [4.78, 5) is 8.64. The zero-order valence-corrected chi connectivity index (χ0v) is 13.2. The van der Waals surface area contributed by atoms with E-state index >= 15 is 0 Å². The molecular weight excluding hydrogens is 284 g/mol. The molecule has 1 aromatic carbocycles. The summed E-state index contributed by atoms with van der Waals surface area (Å²) < 4.78 is 5.88. The number of fused-ring (bicyclic) bond motifs is 1. The molecule has 110 valence electrons. The highest BCUT2D eigenvalue weighted by Crippen LogP contribution is 2.29. The molecule has 0 aliphatic heterocycles. The van der Waals surface area contributed by atoms with Gasteiger partial charge in [0.15, 0.2) is 0 Å². The standard InChI is InChI=1S/C17H19ClN2O/c1-11(2)17-19-15(18)10-16(20-17)21-14-8-7-12-5-3-4-6-13(12)9-14/h7-11H,3-6H2,1-2H3. The summed E-state index contributed by atoms with van der Waals surface area (Å²) in [6, 6.07) is 7.96. The second-order valence-electron chi connectivity index (χ2n) is 5.78. The first kappa shape index (κ1) is 14.3. The quantitative estimate of drug-likeness (QED) is 0.754. The SMILES string of the molecule is CC(C)c1nc(Cl)cc(Oc2ccc3c(c2)CCCC3)n1. The fraction of sp³-hybridized carbons (Fsp3) is 0.412. The highest BCUT2D eigenvalue weighted by molar-refractivity contribution is 6.29. The third kappa shape index (κ3) is 3.35. The first-order chi connectivity index (χ1) is 10.1. The van der Waals surface area contributed by atoms with Crippen LogP contribution in [0.3, 0.4) is 0 Å². The summed E-state index contributed by atoms with van der Waals surface area (Å²) in [5.74, 6) is 2.25. The van der Waals surface area contributed by atoms with E-state index in [1.165, 1.54) is 30.4 Å². The largest absolute Gasteiger partial charge is 0.439 e. The molecule has 0 bridgehead atoms. The van der Waals surface area contributed by atoms with Crippen molar-refractivity contribution >= 4 is 11.6 Å². The van der Waals surface area contributed by atoms with Crippen LogP contribution in [-0.4, -0.2) is 9.97 Å². The van der Waals surface area contributed by atoms with Gasteiger partial charge >= 0.3 is 0 Å². The van der Waals surface area contributed by atoms with Crippen molar-refractivity contribution in [2.45, 2.75) is 45.4 Å². The van der Waals surface area contributed by atoms with Crippen molar-refractivity contribution in [2.24, 2.45) is 0 Å². The van der Waals surface area contributed by atoms with E-state index in [-0.39, 0.29) is 5.92 Å². The molecule has 0 saturated carbocycles. The number of rotatable bonds is 3. The molecule has 0 radical (unpaired) electrons. The van der Waals surface area contributed by atoms with Crippen LogP contribution >= 0.6 is 11.6 Å². The summed E-state index contributed by atoms with van der Waals surface area (Å²) in [5.41, 5.74) is 2.83. The number of ether oxygens (including phenoxy) is 1. The second kappa shape index (κ2) is 6.02. The van der Waals surface area contributed by atoms with Gasteiger partial charge < -0.3 is 4.74 Å². The Balaban J connectivity index is 1.86. The van der Waals surface area contributed by atoms with Gasteiger partial charge in [0.25, 0.3) is 0 Å². The number of aromatic nitrogens is 2. The molecule has 1 aromatic heterocycles. The maximum atomic E-state index is 6.04. The average Bonchev–Trinajstić information content (AvgIpc) is 2.46. The van der Waals surface area contributed by atoms with Gasteiger partial charge in [0.2, 0.25) is 5.88 Å². The van der Waals surface area contributed by atoms with E-state index in [9.17, 15) is 0 Å². The summed E-state index contributed by atoms with van der Waals surface area (Å²) in [7, 11) is 0. The first-order valence-corrected chi connectivity index (χ1v) is 7.84. The Kier molecular flexibility index (Phi) is 4.11. The van der Waals surface area contributed by atoms with Gasteiger partial charge in [-0.3, -0.25) is 0 Å². The number of aryl methyl sites for hydroxylation is 2. The monoisotopic (exact) mass is 302 g/mol. The van der Waals surface area contributed by atoms with Crippen LogP contribution in [0.2, 0.25) is 5.15 Å². The Hall–Kier alpha value is -1.61. The molecule has 0 saturated heterocycles. The minimum atomic E-state index is 0.217. The maximum absolute atomic E-state index is 6.04. The van der Waals surface area contributed by atoms with Gasteiger partial charge in [0.1, 0.15) is 16.7 Å². The lowest BCUT2D eigenvalue weighted by Crippen LogP contribution is -2.03. The minimum absolute atomic E-state index is 0.217. The molecule has 3 rings (SSSR count). The third-order valence-electron chi connectivity index (χ3n) is 3.75. The van der Waals surface area contributed by atoms with Crippen molar-refractivity contribution < 1.29 is 4.74 Å². The number of hydrogen-bond donors (Lipinski definition) is 0. The lowest BCUT2D eigenvalue weighted by molar-refractivity contribution is 0.455. The van der Waals surface area contributed by atoms with E-state index in [0.29, 0.717) is 16.9 Å². The smallest absolute Gasteiger partial charge is 0.224 e. The molecule has 0 atom stereocenters. The van der Waals surface area contributed by atoms with Gasteiger partial charge in [-0.05, 0) is 48.9 Å². The minimum Gasteiger partial charge on any atom is -0.439 e. The van der Waals surface area contributed by atoms with E-state index in [2.05, 4.69) is 22.1 Å². The fourth-order valence-corrected chi connectivity index (χ4v) is 2.80. The van der Waals surface area contributed by atoms with E-state index < -0.39 is 0 Å². The van der Waals surface area contributed by atoms with Crippen molar-refractivity contribution in [2.75, 3.05) is 0 Å². The van der Waals surface area contributed by atoms with Crippen LogP contribution in [0.1, 0.15) is 49.6 Å². The molecule has 1 heterocycles. The second-order valence-corrected chi connectivity index (χ2v) is 6.17. The van der Waals surface area contributed by atoms with Crippen LogP contribution < -0.4 is 4.74 Å². The summed E-state index contributed by atoms with van der Waals surface area (Å²) >= 11 is 6.04. The van der Waals surface area contributed by atoms with Crippen LogP contribution in [0.5, 0.6) is 11.6 Å². The molecule has 2 aromatic rings. The van der Waals surface area contributed by atoms with Crippen molar-refractivity contribution in [1.29, 1.82) is 0 Å². The van der Waals surface area contributed by atoms with E-state index in [1.54, 1.807) is 6.07 Å². The van der Waals surface area contributed by atoms with Crippen LogP contribution in [-0.2, 0) is 12.8 Å². The van der Waals surface area contributed by atoms with Crippen molar-refractivity contribution in [3.05, 3.63) is 46.4 Å². The van der Waals surface area contributed by atoms with Crippen molar-refractivity contribution in [3.8, 4) is 11.6 Å². The third-order valence-corrected chi connectivity index (χ3v) is 3.94. The molecule has 0 spiro atoms. The van der Waals surface area contributed by atoms with Gasteiger partial charge in [-0.1, -0.05) is 31.5 Å². The number of benzene rings is 1. The Labute approximate surface area is 130 Å². The number of nitrogens with zero attached hydrogens (tertiary/aromatic N) is 2. The van der Waals surface area contributed by atoms with Gasteiger partial charge in [-0.2, -0.15) is 4.98 Å². The predicted molar refractivity (Wildman–Crippen MR) is 84.3 cm³/mol. The van der Waals surface area contributed by atoms with Gasteiger partial charge in [-0.15, -0.1) is 0 Å². The normalized spacial score (nSPS) is 14.1. The Bertz CT molecular complexity index is 655. The molecule has 4 heteroatoms. The van der Waals surface area contributed by atoms with E-state index in [0.717, 1.165) is 12.2 Å². The number of hydrogen-bond acceptors (Lipinski definition) is 3. The Morgan fingerprint density at radius 3 is 2.57 bits per heavy atom.